The molecule has 1 aromatic carbocycles. The predicted octanol–water partition coefficient (Wildman–Crippen LogP) is 0.857. The van der Waals surface area contributed by atoms with Crippen molar-refractivity contribution in [3.63, 3.8) is 0 Å². The van der Waals surface area contributed by atoms with Crippen molar-refractivity contribution in [1.29, 1.82) is 0 Å². The van der Waals surface area contributed by atoms with Gasteiger partial charge in [-0.2, -0.15) is 0 Å². The molecule has 0 aromatic heterocycles. The van der Waals surface area contributed by atoms with Gasteiger partial charge in [0.1, 0.15) is 25.6 Å². The van der Waals surface area contributed by atoms with Crippen molar-refractivity contribution in [2.75, 3.05) is 20.3 Å². The van der Waals surface area contributed by atoms with Gasteiger partial charge in [-0.25, -0.2) is 5.90 Å². The summed E-state index contributed by atoms with van der Waals surface area (Å²) in [5.41, 5.74) is 0.775. The van der Waals surface area contributed by atoms with Crippen LogP contribution in [0, 0.1) is 0 Å². The first-order valence-electron chi connectivity index (χ1n) is 4.64. The summed E-state index contributed by atoms with van der Waals surface area (Å²) in [7, 11) is 1.59. The van der Waals surface area contributed by atoms with Gasteiger partial charge in [-0.05, 0) is 12.1 Å². The van der Waals surface area contributed by atoms with E-state index in [4.69, 9.17) is 20.1 Å². The third-order valence-electron chi connectivity index (χ3n) is 2.22. The molecule has 0 bridgehead atoms. The maximum Gasteiger partial charge on any atom is 0.170 e. The van der Waals surface area contributed by atoms with Crippen molar-refractivity contribution in [3.8, 4) is 17.2 Å². The molecule has 82 valence electrons. The van der Waals surface area contributed by atoms with E-state index in [1.807, 2.05) is 12.1 Å². The molecule has 0 fully saturated rings. The van der Waals surface area contributed by atoms with Crippen LogP contribution in [-0.2, 0) is 11.4 Å². The molecule has 0 aliphatic carbocycles. The lowest BCUT2D eigenvalue weighted by molar-refractivity contribution is 0.113. The Morgan fingerprint density at radius 3 is 2.87 bits per heavy atom. The minimum atomic E-state index is 0.232. The quantitative estimate of drug-likeness (QED) is 0.751. The summed E-state index contributed by atoms with van der Waals surface area (Å²) in [6.07, 6.45) is 0. The Bertz CT molecular complexity index is 354. The minimum absolute atomic E-state index is 0.232. The van der Waals surface area contributed by atoms with E-state index in [2.05, 4.69) is 4.84 Å². The fourth-order valence-electron chi connectivity index (χ4n) is 1.57. The number of methoxy groups -OCH3 is 1. The number of ether oxygens (including phenoxy) is 3. The fraction of sp³-hybridized carbons (Fsp3) is 0.400. The molecule has 0 spiro atoms. The van der Waals surface area contributed by atoms with Gasteiger partial charge >= 0.3 is 0 Å². The van der Waals surface area contributed by atoms with Gasteiger partial charge in [-0.1, -0.05) is 0 Å². The summed E-state index contributed by atoms with van der Waals surface area (Å²) in [5.74, 6) is 7.11. The third kappa shape index (κ3) is 1.84. The van der Waals surface area contributed by atoms with Crippen molar-refractivity contribution in [2.24, 2.45) is 5.90 Å². The van der Waals surface area contributed by atoms with E-state index in [9.17, 15) is 0 Å². The van der Waals surface area contributed by atoms with Crippen LogP contribution >= 0.6 is 0 Å². The van der Waals surface area contributed by atoms with Crippen LogP contribution in [0.4, 0.5) is 0 Å². The molecule has 0 atom stereocenters. The van der Waals surface area contributed by atoms with E-state index < -0.39 is 0 Å². The fourth-order valence-corrected chi connectivity index (χ4v) is 1.57. The average molecular weight is 211 g/mol. The number of hydrogen-bond donors (Lipinski definition) is 1. The smallest absolute Gasteiger partial charge is 0.170 e. The summed E-state index contributed by atoms with van der Waals surface area (Å²) in [6.45, 7) is 1.32. The van der Waals surface area contributed by atoms with E-state index in [1.165, 1.54) is 0 Å². The van der Waals surface area contributed by atoms with Gasteiger partial charge in [-0.3, -0.25) is 4.84 Å². The summed E-state index contributed by atoms with van der Waals surface area (Å²) in [4.78, 5) is 4.62. The second-order valence-corrected chi connectivity index (χ2v) is 3.08. The third-order valence-corrected chi connectivity index (χ3v) is 2.22. The Hall–Kier alpha value is -1.46. The van der Waals surface area contributed by atoms with Gasteiger partial charge in [0.05, 0.1) is 12.7 Å². The molecule has 0 amide bonds. The van der Waals surface area contributed by atoms with Crippen molar-refractivity contribution >= 4 is 0 Å². The summed E-state index contributed by atoms with van der Waals surface area (Å²) < 4.78 is 16.1. The number of rotatable bonds is 3. The highest BCUT2D eigenvalue weighted by atomic mass is 16.6. The van der Waals surface area contributed by atoms with E-state index in [1.54, 1.807) is 7.11 Å². The zero-order chi connectivity index (χ0) is 10.7. The first-order chi connectivity index (χ1) is 7.36. The second kappa shape index (κ2) is 4.37. The second-order valence-electron chi connectivity index (χ2n) is 3.08. The normalized spacial score (nSPS) is 13.7. The van der Waals surface area contributed by atoms with E-state index in [-0.39, 0.29) is 6.61 Å². The average Bonchev–Trinajstić information content (AvgIpc) is 2.30. The highest BCUT2D eigenvalue weighted by Crippen LogP contribution is 2.39. The molecule has 2 N–H and O–H groups in total. The summed E-state index contributed by atoms with van der Waals surface area (Å²) in [5, 5.41) is 0. The Labute approximate surface area is 87.6 Å². The highest BCUT2D eigenvalue weighted by molar-refractivity contribution is 5.54. The van der Waals surface area contributed by atoms with Crippen LogP contribution in [0.3, 0.4) is 0 Å². The van der Waals surface area contributed by atoms with Gasteiger partial charge in [0, 0.05) is 0 Å². The van der Waals surface area contributed by atoms with Crippen LogP contribution in [0.5, 0.6) is 17.2 Å². The molecule has 1 heterocycles. The Morgan fingerprint density at radius 1 is 1.33 bits per heavy atom. The van der Waals surface area contributed by atoms with E-state index in [0.29, 0.717) is 30.5 Å². The molecule has 1 aliphatic rings. The van der Waals surface area contributed by atoms with Crippen LogP contribution in [0.25, 0.3) is 0 Å². The van der Waals surface area contributed by atoms with Gasteiger partial charge in [0.2, 0.25) is 0 Å². The van der Waals surface area contributed by atoms with Crippen LogP contribution in [-0.4, -0.2) is 20.3 Å². The predicted molar refractivity (Wildman–Crippen MR) is 53.0 cm³/mol. The molecule has 0 unspecified atom stereocenters. The molecule has 0 saturated heterocycles. The lowest BCUT2D eigenvalue weighted by atomic mass is 10.1. The Kier molecular flexibility index (Phi) is 2.94. The SMILES string of the molecule is COc1ccc2c(c1CON)OCCO2. The molecule has 0 radical (unpaired) electrons. The Balaban J connectivity index is 2.44. The summed E-state index contributed by atoms with van der Waals surface area (Å²) in [6, 6.07) is 3.62. The van der Waals surface area contributed by atoms with Crippen molar-refractivity contribution in [3.05, 3.63) is 17.7 Å². The van der Waals surface area contributed by atoms with Crippen molar-refractivity contribution < 1.29 is 19.0 Å². The molecule has 2 rings (SSSR count). The first kappa shape index (κ1) is 10.1. The maximum atomic E-state index is 5.51. The molecule has 15 heavy (non-hydrogen) atoms. The van der Waals surface area contributed by atoms with E-state index >= 15 is 0 Å². The van der Waals surface area contributed by atoms with Gasteiger partial charge in [-0.15, -0.1) is 0 Å². The molecule has 1 aromatic rings. The molecular weight excluding hydrogens is 198 g/mol. The van der Waals surface area contributed by atoms with Gasteiger partial charge in [0.15, 0.2) is 11.5 Å². The number of nitrogens with two attached hydrogens (primary N) is 1. The monoisotopic (exact) mass is 211 g/mol. The topological polar surface area (TPSA) is 62.9 Å². The maximum absolute atomic E-state index is 5.51. The molecule has 5 nitrogen and oxygen atoms in total. The zero-order valence-corrected chi connectivity index (χ0v) is 8.49. The van der Waals surface area contributed by atoms with Crippen LogP contribution in [0.15, 0.2) is 12.1 Å². The molecule has 0 saturated carbocycles. The standard InChI is InChI=1S/C10H13NO4/c1-12-8-2-3-9-10(7(8)6-15-11)14-5-4-13-9/h2-3H,4-6,11H2,1H3. The first-order valence-corrected chi connectivity index (χ1v) is 4.64. The van der Waals surface area contributed by atoms with E-state index in [0.717, 1.165) is 5.56 Å². The highest BCUT2D eigenvalue weighted by Gasteiger charge is 2.19. The van der Waals surface area contributed by atoms with Gasteiger partial charge in [0.25, 0.3) is 0 Å². The minimum Gasteiger partial charge on any atom is -0.496 e. The Morgan fingerprint density at radius 2 is 2.13 bits per heavy atom. The lowest BCUT2D eigenvalue weighted by Gasteiger charge is -2.22. The number of benzene rings is 1. The van der Waals surface area contributed by atoms with Crippen LogP contribution in [0.2, 0.25) is 0 Å². The molecular formula is C10H13NO4. The number of fused-ring (bicyclic) bond motifs is 1. The number of hydrogen-bond acceptors (Lipinski definition) is 5. The van der Waals surface area contributed by atoms with Crippen LogP contribution in [0.1, 0.15) is 5.56 Å². The summed E-state index contributed by atoms with van der Waals surface area (Å²) >= 11 is 0. The van der Waals surface area contributed by atoms with Crippen LogP contribution < -0.4 is 20.1 Å². The molecule has 1 aliphatic heterocycles. The zero-order valence-electron chi connectivity index (χ0n) is 8.49. The van der Waals surface area contributed by atoms with Gasteiger partial charge < -0.3 is 14.2 Å². The van der Waals surface area contributed by atoms with Crippen molar-refractivity contribution in [1.82, 2.24) is 0 Å². The lowest BCUT2D eigenvalue weighted by Crippen LogP contribution is -2.17. The van der Waals surface area contributed by atoms with Crippen molar-refractivity contribution in [2.45, 2.75) is 6.61 Å². The molecule has 5 heteroatoms. The largest absolute Gasteiger partial charge is 0.496 e.